The van der Waals surface area contributed by atoms with E-state index in [0.717, 1.165) is 76.1 Å². The van der Waals surface area contributed by atoms with Crippen LogP contribution in [-0.4, -0.2) is 66.7 Å². The minimum Gasteiger partial charge on any atom is -0.492 e. The fourth-order valence-electron chi connectivity index (χ4n) is 4.80. The van der Waals surface area contributed by atoms with Crippen LogP contribution in [0.1, 0.15) is 45.4 Å². The Bertz CT molecular complexity index is 737. The monoisotopic (exact) mass is 400 g/mol. The number of ether oxygens (including phenoxy) is 1. The molecular weight excluding hydrogens is 368 g/mol. The molecule has 0 unspecified atom stereocenters. The second-order valence-electron chi connectivity index (χ2n) is 8.31. The molecule has 0 radical (unpaired) electrons. The van der Waals surface area contributed by atoms with Gasteiger partial charge in [0.1, 0.15) is 11.3 Å². The van der Waals surface area contributed by atoms with Gasteiger partial charge in [-0.1, -0.05) is 37.8 Å². The van der Waals surface area contributed by atoms with Crippen molar-refractivity contribution in [3.8, 4) is 5.75 Å². The van der Waals surface area contributed by atoms with E-state index in [0.29, 0.717) is 13.3 Å². The molecule has 0 aromatic heterocycles. The highest BCUT2D eigenvalue weighted by molar-refractivity contribution is 6.07. The molecule has 1 aromatic rings. The zero-order valence-corrected chi connectivity index (χ0v) is 17.4. The molecule has 2 saturated heterocycles. The number of piperazine rings is 1. The normalized spacial score (nSPS) is 22.7. The van der Waals surface area contributed by atoms with Crippen LogP contribution < -0.4 is 15.0 Å². The number of carbonyl (C=O) groups is 2. The number of hydrogen-bond donors (Lipinski definition) is 1. The van der Waals surface area contributed by atoms with Gasteiger partial charge < -0.3 is 15.0 Å². The van der Waals surface area contributed by atoms with Crippen molar-refractivity contribution in [2.75, 3.05) is 44.4 Å². The molecule has 4 rings (SSSR count). The molecule has 2 heterocycles. The Kier molecular flexibility index (Phi) is 5.94. The van der Waals surface area contributed by atoms with E-state index < -0.39 is 5.54 Å². The average molecular weight is 401 g/mol. The van der Waals surface area contributed by atoms with Crippen molar-refractivity contribution >= 4 is 17.6 Å². The summed E-state index contributed by atoms with van der Waals surface area (Å²) in [5, 5.41) is 3.04. The Hall–Kier alpha value is -2.28. The van der Waals surface area contributed by atoms with Gasteiger partial charge >= 0.3 is 6.03 Å². The third-order valence-corrected chi connectivity index (χ3v) is 6.42. The SMILES string of the molecule is CCOc1ccccc1N1CCN(CN2C(=O)NC3(CCCCCC3)C2=O)CC1. The number of para-hydroxylation sites is 2. The zero-order valence-electron chi connectivity index (χ0n) is 17.4. The number of rotatable bonds is 5. The van der Waals surface area contributed by atoms with Gasteiger partial charge in [-0.15, -0.1) is 0 Å². The Balaban J connectivity index is 1.36. The van der Waals surface area contributed by atoms with Gasteiger partial charge in [0, 0.05) is 26.2 Å². The van der Waals surface area contributed by atoms with Gasteiger partial charge in [-0.05, 0) is 31.9 Å². The molecule has 7 nitrogen and oxygen atoms in total. The molecule has 1 saturated carbocycles. The molecule has 0 atom stereocenters. The highest BCUT2D eigenvalue weighted by atomic mass is 16.5. The first-order valence-corrected chi connectivity index (χ1v) is 11.0. The van der Waals surface area contributed by atoms with Crippen molar-refractivity contribution in [1.82, 2.24) is 15.1 Å². The van der Waals surface area contributed by atoms with Crippen LogP contribution in [0.5, 0.6) is 5.75 Å². The maximum Gasteiger partial charge on any atom is 0.326 e. The average Bonchev–Trinajstić information content (AvgIpc) is 2.89. The lowest BCUT2D eigenvalue weighted by molar-refractivity contribution is -0.133. The first-order chi connectivity index (χ1) is 14.1. The van der Waals surface area contributed by atoms with E-state index in [2.05, 4.69) is 21.2 Å². The smallest absolute Gasteiger partial charge is 0.326 e. The summed E-state index contributed by atoms with van der Waals surface area (Å²) >= 11 is 0. The summed E-state index contributed by atoms with van der Waals surface area (Å²) in [7, 11) is 0. The van der Waals surface area contributed by atoms with Gasteiger partial charge in [0.25, 0.3) is 5.91 Å². The number of amides is 3. The molecule has 3 amide bonds. The van der Waals surface area contributed by atoms with Crippen LogP contribution in [0.25, 0.3) is 0 Å². The second kappa shape index (κ2) is 8.61. The lowest BCUT2D eigenvalue weighted by Crippen LogP contribution is -2.52. The molecule has 158 valence electrons. The molecule has 3 aliphatic rings. The molecule has 7 heteroatoms. The Labute approximate surface area is 173 Å². The van der Waals surface area contributed by atoms with E-state index in [1.54, 1.807) is 0 Å². The highest BCUT2D eigenvalue weighted by Gasteiger charge is 2.51. The number of nitrogens with one attached hydrogen (secondary N) is 1. The molecule has 1 aliphatic carbocycles. The fourth-order valence-corrected chi connectivity index (χ4v) is 4.80. The summed E-state index contributed by atoms with van der Waals surface area (Å²) in [6.45, 7) is 6.33. The zero-order chi connectivity index (χ0) is 20.3. The van der Waals surface area contributed by atoms with Gasteiger partial charge in [-0.25, -0.2) is 9.69 Å². The Morgan fingerprint density at radius 1 is 1.00 bits per heavy atom. The molecule has 1 spiro atoms. The molecular formula is C22H32N4O3. The van der Waals surface area contributed by atoms with Crippen LogP contribution >= 0.6 is 0 Å². The van der Waals surface area contributed by atoms with Crippen molar-refractivity contribution in [3.63, 3.8) is 0 Å². The number of urea groups is 1. The standard InChI is InChI=1S/C22H32N4O3/c1-2-29-19-10-6-5-9-18(19)25-15-13-24(14-16-25)17-26-20(27)22(23-21(26)28)11-7-3-4-8-12-22/h5-6,9-10H,2-4,7-8,11-17H2,1H3,(H,23,28). The van der Waals surface area contributed by atoms with Crippen molar-refractivity contribution in [3.05, 3.63) is 24.3 Å². The van der Waals surface area contributed by atoms with Crippen LogP contribution in [-0.2, 0) is 4.79 Å². The number of hydrogen-bond acceptors (Lipinski definition) is 5. The molecule has 29 heavy (non-hydrogen) atoms. The Morgan fingerprint density at radius 2 is 1.69 bits per heavy atom. The summed E-state index contributed by atoms with van der Waals surface area (Å²) in [6.07, 6.45) is 5.87. The van der Waals surface area contributed by atoms with Crippen molar-refractivity contribution < 1.29 is 14.3 Å². The van der Waals surface area contributed by atoms with E-state index in [1.807, 2.05) is 25.1 Å². The quantitative estimate of drug-likeness (QED) is 0.770. The van der Waals surface area contributed by atoms with Gasteiger partial charge in [0.2, 0.25) is 0 Å². The van der Waals surface area contributed by atoms with Crippen molar-refractivity contribution in [2.24, 2.45) is 0 Å². The lowest BCUT2D eigenvalue weighted by Gasteiger charge is -2.37. The van der Waals surface area contributed by atoms with Gasteiger partial charge in [0.05, 0.1) is 19.0 Å². The molecule has 0 bridgehead atoms. The number of anilines is 1. The largest absolute Gasteiger partial charge is 0.492 e. The van der Waals surface area contributed by atoms with Gasteiger partial charge in [-0.3, -0.25) is 9.69 Å². The highest BCUT2D eigenvalue weighted by Crippen LogP contribution is 2.33. The molecule has 1 N–H and O–H groups in total. The molecule has 1 aromatic carbocycles. The van der Waals surface area contributed by atoms with Crippen LogP contribution in [0.15, 0.2) is 24.3 Å². The number of imide groups is 1. The lowest BCUT2D eigenvalue weighted by atomic mass is 9.90. The maximum absolute atomic E-state index is 13.1. The third kappa shape index (κ3) is 4.06. The van der Waals surface area contributed by atoms with E-state index in [4.69, 9.17) is 4.74 Å². The fraction of sp³-hybridized carbons (Fsp3) is 0.636. The van der Waals surface area contributed by atoms with Crippen LogP contribution in [0.3, 0.4) is 0 Å². The van der Waals surface area contributed by atoms with E-state index >= 15 is 0 Å². The predicted molar refractivity (Wildman–Crippen MR) is 112 cm³/mol. The van der Waals surface area contributed by atoms with Crippen molar-refractivity contribution in [1.29, 1.82) is 0 Å². The number of nitrogens with zero attached hydrogens (tertiary/aromatic N) is 3. The maximum atomic E-state index is 13.1. The van der Waals surface area contributed by atoms with Gasteiger partial charge in [-0.2, -0.15) is 0 Å². The first kappa shape index (κ1) is 20.0. The third-order valence-electron chi connectivity index (χ3n) is 6.42. The summed E-state index contributed by atoms with van der Waals surface area (Å²) in [5.41, 5.74) is 0.465. The molecule has 3 fully saturated rings. The number of benzene rings is 1. The molecule has 2 aliphatic heterocycles. The summed E-state index contributed by atoms with van der Waals surface area (Å²) < 4.78 is 5.77. The predicted octanol–water partition coefficient (Wildman–Crippen LogP) is 2.81. The van der Waals surface area contributed by atoms with Crippen LogP contribution in [0.2, 0.25) is 0 Å². The second-order valence-corrected chi connectivity index (χ2v) is 8.31. The Morgan fingerprint density at radius 3 is 2.38 bits per heavy atom. The van der Waals surface area contributed by atoms with Crippen LogP contribution in [0, 0.1) is 0 Å². The summed E-state index contributed by atoms with van der Waals surface area (Å²) in [5.74, 6) is 0.890. The van der Waals surface area contributed by atoms with Crippen LogP contribution in [0.4, 0.5) is 10.5 Å². The van der Waals surface area contributed by atoms with E-state index in [1.165, 1.54) is 4.90 Å². The topological polar surface area (TPSA) is 65.1 Å². The number of carbonyl (C=O) groups excluding carboxylic acids is 2. The van der Waals surface area contributed by atoms with E-state index in [-0.39, 0.29) is 11.9 Å². The van der Waals surface area contributed by atoms with E-state index in [9.17, 15) is 9.59 Å². The van der Waals surface area contributed by atoms with Gasteiger partial charge in [0.15, 0.2) is 0 Å². The summed E-state index contributed by atoms with van der Waals surface area (Å²) in [6, 6.07) is 7.90. The first-order valence-electron chi connectivity index (χ1n) is 11.0. The minimum absolute atomic E-state index is 0.0199. The summed E-state index contributed by atoms with van der Waals surface area (Å²) in [4.78, 5) is 31.7. The van der Waals surface area contributed by atoms with Crippen molar-refractivity contribution in [2.45, 2.75) is 51.0 Å². The minimum atomic E-state index is -0.647.